The Hall–Kier alpha value is -1.70. The Labute approximate surface area is 196 Å². The highest BCUT2D eigenvalue weighted by molar-refractivity contribution is 7.38. The van der Waals surface area contributed by atoms with E-state index in [9.17, 15) is 4.79 Å². The van der Waals surface area contributed by atoms with Gasteiger partial charge in [-0.3, -0.25) is 0 Å². The van der Waals surface area contributed by atoms with E-state index >= 15 is 0 Å². The molecule has 1 saturated heterocycles. The second-order valence-corrected chi connectivity index (χ2v) is 25.3. The lowest BCUT2D eigenvalue weighted by molar-refractivity contribution is 0.0734. The summed E-state index contributed by atoms with van der Waals surface area (Å²) in [5.74, 6) is 0.302. The van der Waals surface area contributed by atoms with Crippen LogP contribution < -0.4 is 4.74 Å². The predicted molar refractivity (Wildman–Crippen MR) is 139 cm³/mol. The highest BCUT2D eigenvalue weighted by atomic mass is 29.3. The number of benzene rings is 2. The molecule has 2 aromatic carbocycles. The molecule has 0 aromatic heterocycles. The molecule has 32 heavy (non-hydrogen) atoms. The van der Waals surface area contributed by atoms with Gasteiger partial charge >= 0.3 is 5.97 Å². The summed E-state index contributed by atoms with van der Waals surface area (Å²) < 4.78 is 12.2. The van der Waals surface area contributed by atoms with Gasteiger partial charge in [-0.2, -0.15) is 0 Å². The predicted octanol–water partition coefficient (Wildman–Crippen LogP) is 7.35. The fourth-order valence-corrected chi connectivity index (χ4v) is 16.2. The summed E-state index contributed by atoms with van der Waals surface area (Å²) in [7, 11) is -2.96. The van der Waals surface area contributed by atoms with Crippen LogP contribution in [0.5, 0.6) is 5.75 Å². The zero-order valence-electron chi connectivity index (χ0n) is 20.8. The van der Waals surface area contributed by atoms with Crippen molar-refractivity contribution < 1.29 is 14.0 Å². The molecule has 2 aromatic rings. The number of hydrogen-bond donors (Lipinski definition) is 0. The molecule has 1 fully saturated rings. The maximum Gasteiger partial charge on any atom is 0.343 e. The van der Waals surface area contributed by atoms with E-state index < -0.39 is 15.4 Å². The van der Waals surface area contributed by atoms with Crippen LogP contribution in [0.3, 0.4) is 0 Å². The first-order valence-corrected chi connectivity index (χ1v) is 19.0. The molecule has 0 amide bonds. The Morgan fingerprint density at radius 3 is 2.16 bits per heavy atom. The topological polar surface area (TPSA) is 35.5 Å². The van der Waals surface area contributed by atoms with Crippen molar-refractivity contribution in [3.05, 3.63) is 65.2 Å². The lowest BCUT2D eigenvalue weighted by Gasteiger charge is -2.51. The molecule has 1 atom stereocenters. The zero-order valence-corrected chi connectivity index (χ0v) is 22.8. The third-order valence-corrected chi connectivity index (χ3v) is 24.6. The van der Waals surface area contributed by atoms with Gasteiger partial charge in [-0.05, 0) is 81.6 Å². The average molecular weight is 469 g/mol. The average Bonchev–Trinajstić information content (AvgIpc) is 2.73. The molecule has 5 heteroatoms. The molecule has 3 rings (SSSR count). The molecule has 0 saturated carbocycles. The highest BCUT2D eigenvalue weighted by Crippen LogP contribution is 2.41. The van der Waals surface area contributed by atoms with E-state index in [0.717, 1.165) is 19.3 Å². The maximum atomic E-state index is 12.5. The maximum absolute atomic E-state index is 12.5. The van der Waals surface area contributed by atoms with Gasteiger partial charge in [0.15, 0.2) is 7.83 Å². The van der Waals surface area contributed by atoms with Gasteiger partial charge in [-0.15, -0.1) is 0 Å². The van der Waals surface area contributed by atoms with E-state index in [1.54, 1.807) is 0 Å². The van der Waals surface area contributed by atoms with Crippen LogP contribution in [-0.4, -0.2) is 27.0 Å². The fraction of sp³-hybridized carbons (Fsp3) is 0.519. The summed E-state index contributed by atoms with van der Waals surface area (Å²) in [5, 5.41) is 0. The lowest BCUT2D eigenvalue weighted by Crippen LogP contribution is -2.65. The van der Waals surface area contributed by atoms with Gasteiger partial charge in [-0.25, -0.2) is 4.79 Å². The molecule has 174 valence electrons. The molecule has 0 bridgehead atoms. The van der Waals surface area contributed by atoms with Gasteiger partial charge < -0.3 is 9.16 Å². The minimum absolute atomic E-state index is 0.0597. The molecule has 0 aliphatic carbocycles. The van der Waals surface area contributed by atoms with Crippen LogP contribution in [0.15, 0.2) is 48.5 Å². The lowest BCUT2D eigenvalue weighted by atomic mass is 10.1. The first-order chi connectivity index (χ1) is 15.0. The summed E-state index contributed by atoms with van der Waals surface area (Å²) in [6, 6.07) is 18.5. The van der Waals surface area contributed by atoms with Crippen molar-refractivity contribution in [3.8, 4) is 5.75 Å². The molecule has 1 unspecified atom stereocenters. The van der Waals surface area contributed by atoms with E-state index in [1.165, 1.54) is 36.1 Å². The second-order valence-electron chi connectivity index (χ2n) is 10.8. The number of esters is 1. The van der Waals surface area contributed by atoms with Gasteiger partial charge in [-0.1, -0.05) is 62.7 Å². The molecule has 1 heterocycles. The summed E-state index contributed by atoms with van der Waals surface area (Å²) in [6.45, 7) is 14.1. The van der Waals surface area contributed by atoms with E-state index in [4.69, 9.17) is 9.16 Å². The monoisotopic (exact) mass is 468 g/mol. The van der Waals surface area contributed by atoms with Gasteiger partial charge in [0, 0.05) is 0 Å². The van der Waals surface area contributed by atoms with Gasteiger partial charge in [0.2, 0.25) is 0 Å². The van der Waals surface area contributed by atoms with Gasteiger partial charge in [0.25, 0.3) is 0 Å². The van der Waals surface area contributed by atoms with Gasteiger partial charge in [0.05, 0.1) is 18.8 Å². The number of aryl methyl sites for hydroxylation is 2. The SMILES string of the molecule is CCCc1ccc(OC(=O)c2ccc(CCC[Si]3(C)CCC(C)(C)O[Si]3(C)C)cc2)cc1. The van der Waals surface area contributed by atoms with E-state index in [1.807, 2.05) is 36.4 Å². The fourth-order valence-electron chi connectivity index (χ4n) is 4.84. The minimum atomic E-state index is -1.61. The third-order valence-electron chi connectivity index (χ3n) is 7.32. The molecular weight excluding hydrogens is 428 g/mol. The van der Waals surface area contributed by atoms with Crippen molar-refractivity contribution in [1.82, 2.24) is 0 Å². The van der Waals surface area contributed by atoms with Gasteiger partial charge in [0.1, 0.15) is 5.75 Å². The number of hydrogen-bond acceptors (Lipinski definition) is 3. The van der Waals surface area contributed by atoms with Crippen LogP contribution in [0.1, 0.15) is 61.5 Å². The number of ether oxygens (including phenoxy) is 1. The standard InChI is InChI=1S/C27H40O3Si2/c1-7-9-22-13-17-25(18-14-22)29-26(28)24-15-11-23(12-16-24)10-8-20-32(6)21-19-27(2,3)30-31(32,4)5/h11-18H,7-10,19-21H2,1-6H3. The van der Waals surface area contributed by atoms with Crippen LogP contribution in [-0.2, 0) is 17.3 Å². The summed E-state index contributed by atoms with van der Waals surface area (Å²) in [6.07, 6.45) is 5.62. The van der Waals surface area contributed by atoms with Crippen molar-refractivity contribution in [2.24, 2.45) is 0 Å². The van der Waals surface area contributed by atoms with Crippen molar-refractivity contribution in [3.63, 3.8) is 0 Å². The van der Waals surface area contributed by atoms with Crippen LogP contribution in [0.2, 0.25) is 31.7 Å². The number of rotatable bonds is 8. The molecule has 1 aliphatic rings. The van der Waals surface area contributed by atoms with Crippen molar-refractivity contribution in [1.29, 1.82) is 0 Å². The first kappa shape index (κ1) is 24.9. The summed E-state index contributed by atoms with van der Waals surface area (Å²) in [4.78, 5) is 12.5. The van der Waals surface area contributed by atoms with E-state index in [0.29, 0.717) is 11.3 Å². The highest BCUT2D eigenvalue weighted by Gasteiger charge is 2.52. The van der Waals surface area contributed by atoms with Crippen LogP contribution >= 0.6 is 0 Å². The van der Waals surface area contributed by atoms with Crippen LogP contribution in [0.4, 0.5) is 0 Å². The Morgan fingerprint density at radius 1 is 0.969 bits per heavy atom. The number of carbonyl (C=O) groups is 1. The molecule has 0 radical (unpaired) electrons. The Balaban J connectivity index is 1.52. The van der Waals surface area contributed by atoms with Crippen LogP contribution in [0.25, 0.3) is 0 Å². The Bertz CT molecular complexity index is 904. The third kappa shape index (κ3) is 6.21. The summed E-state index contributed by atoms with van der Waals surface area (Å²) >= 11 is 0. The Kier molecular flexibility index (Phi) is 7.84. The van der Waals surface area contributed by atoms with Crippen LogP contribution in [0, 0.1) is 0 Å². The van der Waals surface area contributed by atoms with Crippen molar-refractivity contribution in [2.45, 2.75) is 90.2 Å². The second kappa shape index (κ2) is 10.1. The molecular formula is C27H40O3Si2. The molecule has 3 nitrogen and oxygen atoms in total. The first-order valence-electron chi connectivity index (χ1n) is 12.1. The molecule has 0 N–H and O–H groups in total. The normalized spacial score (nSPS) is 21.8. The largest absolute Gasteiger partial charge is 0.423 e. The minimum Gasteiger partial charge on any atom is -0.423 e. The van der Waals surface area contributed by atoms with Crippen molar-refractivity contribution >= 4 is 21.4 Å². The zero-order chi connectivity index (χ0) is 23.4. The quantitative estimate of drug-likeness (QED) is 0.231. The smallest absolute Gasteiger partial charge is 0.343 e. The number of carbonyl (C=O) groups excluding carboxylic acids is 1. The van der Waals surface area contributed by atoms with E-state index in [2.05, 4.69) is 52.5 Å². The molecule has 0 spiro atoms. The van der Waals surface area contributed by atoms with E-state index in [-0.39, 0.29) is 11.6 Å². The molecule has 1 aliphatic heterocycles. The van der Waals surface area contributed by atoms with Crippen molar-refractivity contribution in [2.75, 3.05) is 0 Å². The Morgan fingerprint density at radius 2 is 1.56 bits per heavy atom. The summed E-state index contributed by atoms with van der Waals surface area (Å²) in [5.41, 5.74) is 3.22.